The number of carboxylic acids is 1. The van der Waals surface area contributed by atoms with Crippen molar-refractivity contribution in [1.29, 1.82) is 0 Å². The maximum atomic E-state index is 11.5. The van der Waals surface area contributed by atoms with Gasteiger partial charge >= 0.3 is 5.97 Å². The van der Waals surface area contributed by atoms with Crippen LogP contribution in [0.2, 0.25) is 0 Å². The molecule has 5 nitrogen and oxygen atoms in total. The third-order valence-corrected chi connectivity index (χ3v) is 5.04. The molecule has 1 aliphatic rings. The van der Waals surface area contributed by atoms with E-state index in [1.165, 1.54) is 6.92 Å². The van der Waals surface area contributed by atoms with Gasteiger partial charge in [0.1, 0.15) is 6.29 Å². The summed E-state index contributed by atoms with van der Waals surface area (Å²) in [5.74, 6) is -1.06. The van der Waals surface area contributed by atoms with Crippen LogP contribution in [0.4, 0.5) is 0 Å². The van der Waals surface area contributed by atoms with Crippen LogP contribution in [0.25, 0.3) is 0 Å². The summed E-state index contributed by atoms with van der Waals surface area (Å²) in [6, 6.07) is -0.0953. The molecule has 0 aromatic rings. The van der Waals surface area contributed by atoms with Crippen LogP contribution in [0, 0.1) is 17.3 Å². The van der Waals surface area contributed by atoms with Crippen molar-refractivity contribution in [1.82, 2.24) is 5.32 Å². The summed E-state index contributed by atoms with van der Waals surface area (Å²) in [6.07, 6.45) is 5.36. The number of rotatable bonds is 8. The van der Waals surface area contributed by atoms with Gasteiger partial charge in [-0.05, 0) is 38.5 Å². The van der Waals surface area contributed by atoms with Crippen LogP contribution in [0.1, 0.15) is 59.3 Å². The Bertz CT molecular complexity index is 388. The summed E-state index contributed by atoms with van der Waals surface area (Å²) in [4.78, 5) is 34.0. The lowest BCUT2D eigenvalue weighted by Gasteiger charge is -2.29. The van der Waals surface area contributed by atoms with Crippen LogP contribution in [-0.2, 0) is 14.4 Å². The van der Waals surface area contributed by atoms with E-state index < -0.39 is 11.4 Å². The van der Waals surface area contributed by atoms with Crippen molar-refractivity contribution in [2.24, 2.45) is 17.3 Å². The number of aliphatic carboxylic acids is 1. The van der Waals surface area contributed by atoms with E-state index in [-0.39, 0.29) is 23.8 Å². The summed E-state index contributed by atoms with van der Waals surface area (Å²) >= 11 is 0. The highest BCUT2D eigenvalue weighted by Crippen LogP contribution is 2.43. The Labute approximate surface area is 126 Å². The van der Waals surface area contributed by atoms with Crippen molar-refractivity contribution in [3.05, 3.63) is 0 Å². The molecule has 3 atom stereocenters. The van der Waals surface area contributed by atoms with Crippen molar-refractivity contribution in [3.63, 3.8) is 0 Å². The van der Waals surface area contributed by atoms with Crippen LogP contribution in [0.3, 0.4) is 0 Å². The molecule has 0 heterocycles. The molecule has 1 amide bonds. The molecule has 1 saturated carbocycles. The molecule has 0 radical (unpaired) electrons. The SMILES string of the molecule is CC(=O)NC(C)C(C)C(C=O)CCC1(C(=O)O)CCCC1. The van der Waals surface area contributed by atoms with Crippen LogP contribution in [0.5, 0.6) is 0 Å². The van der Waals surface area contributed by atoms with Gasteiger partial charge in [-0.3, -0.25) is 9.59 Å². The summed E-state index contributed by atoms with van der Waals surface area (Å²) in [7, 11) is 0. The molecule has 0 aromatic heterocycles. The predicted octanol–water partition coefficient (Wildman–Crippen LogP) is 2.39. The van der Waals surface area contributed by atoms with Crippen LogP contribution in [0.15, 0.2) is 0 Å². The van der Waals surface area contributed by atoms with E-state index in [0.717, 1.165) is 19.1 Å². The van der Waals surface area contributed by atoms with Crippen molar-refractivity contribution >= 4 is 18.2 Å². The van der Waals surface area contributed by atoms with Crippen molar-refractivity contribution in [2.75, 3.05) is 0 Å². The average Bonchev–Trinajstić information content (AvgIpc) is 2.88. The molecule has 0 aliphatic heterocycles. The molecule has 2 N–H and O–H groups in total. The summed E-state index contributed by atoms with van der Waals surface area (Å²) in [5, 5.41) is 12.3. The highest BCUT2D eigenvalue weighted by Gasteiger charge is 2.41. The fourth-order valence-electron chi connectivity index (χ4n) is 3.34. The number of carbonyl (C=O) groups excluding carboxylic acids is 2. The van der Waals surface area contributed by atoms with Gasteiger partial charge in [0.25, 0.3) is 0 Å². The zero-order valence-corrected chi connectivity index (χ0v) is 13.2. The van der Waals surface area contributed by atoms with Gasteiger partial charge in [-0.25, -0.2) is 0 Å². The van der Waals surface area contributed by atoms with E-state index in [0.29, 0.717) is 25.7 Å². The Kier molecular flexibility index (Phi) is 6.37. The van der Waals surface area contributed by atoms with Crippen LogP contribution < -0.4 is 5.32 Å². The molecule has 1 fully saturated rings. The number of aldehydes is 1. The lowest BCUT2D eigenvalue weighted by molar-refractivity contribution is -0.149. The lowest BCUT2D eigenvalue weighted by atomic mass is 9.76. The van der Waals surface area contributed by atoms with E-state index in [2.05, 4.69) is 5.32 Å². The standard InChI is InChI=1S/C16H27NO4/c1-11(12(2)17-13(3)19)14(10-18)6-9-16(15(20)21)7-4-5-8-16/h10-12,14H,4-9H2,1-3H3,(H,17,19)(H,20,21). The number of carbonyl (C=O) groups is 3. The minimum atomic E-state index is -0.729. The van der Waals surface area contributed by atoms with Gasteiger partial charge in [0.15, 0.2) is 0 Å². The number of carboxylic acid groups (broad SMARTS) is 1. The average molecular weight is 297 g/mol. The maximum absolute atomic E-state index is 11.5. The van der Waals surface area contributed by atoms with Crippen molar-refractivity contribution in [3.8, 4) is 0 Å². The molecule has 1 aliphatic carbocycles. The monoisotopic (exact) mass is 297 g/mol. The molecule has 0 spiro atoms. The van der Waals surface area contributed by atoms with E-state index >= 15 is 0 Å². The zero-order chi connectivity index (χ0) is 16.0. The smallest absolute Gasteiger partial charge is 0.309 e. The Morgan fingerprint density at radius 2 is 1.86 bits per heavy atom. The molecular weight excluding hydrogens is 270 g/mol. The number of nitrogens with one attached hydrogen (secondary N) is 1. The normalized spacial score (nSPS) is 21.3. The van der Waals surface area contributed by atoms with Crippen LogP contribution >= 0.6 is 0 Å². The first-order chi connectivity index (χ1) is 9.82. The number of hydrogen-bond acceptors (Lipinski definition) is 3. The second-order valence-corrected chi connectivity index (χ2v) is 6.48. The van der Waals surface area contributed by atoms with Gasteiger partial charge in [0.05, 0.1) is 5.41 Å². The maximum Gasteiger partial charge on any atom is 0.309 e. The van der Waals surface area contributed by atoms with E-state index in [4.69, 9.17) is 0 Å². The molecule has 0 aromatic carbocycles. The fraction of sp³-hybridized carbons (Fsp3) is 0.812. The Morgan fingerprint density at radius 3 is 2.29 bits per heavy atom. The first-order valence-electron chi connectivity index (χ1n) is 7.78. The fourth-order valence-corrected chi connectivity index (χ4v) is 3.34. The lowest BCUT2D eigenvalue weighted by Crippen LogP contribution is -2.39. The molecule has 120 valence electrons. The molecule has 21 heavy (non-hydrogen) atoms. The molecule has 0 saturated heterocycles. The largest absolute Gasteiger partial charge is 0.481 e. The van der Waals surface area contributed by atoms with Gasteiger partial charge in [-0.1, -0.05) is 19.8 Å². The Hall–Kier alpha value is -1.39. The minimum absolute atomic E-state index is 0.00125. The summed E-state index contributed by atoms with van der Waals surface area (Å²) in [5.41, 5.74) is -0.641. The quantitative estimate of drug-likeness (QED) is 0.674. The van der Waals surface area contributed by atoms with Gasteiger partial charge in [0, 0.05) is 18.9 Å². The van der Waals surface area contributed by atoms with Gasteiger partial charge < -0.3 is 15.2 Å². The van der Waals surface area contributed by atoms with Gasteiger partial charge in [-0.15, -0.1) is 0 Å². The highest BCUT2D eigenvalue weighted by atomic mass is 16.4. The Morgan fingerprint density at radius 1 is 1.29 bits per heavy atom. The van der Waals surface area contributed by atoms with E-state index in [1.807, 2.05) is 13.8 Å². The molecular formula is C16H27NO4. The Balaban J connectivity index is 2.63. The minimum Gasteiger partial charge on any atom is -0.481 e. The first-order valence-corrected chi connectivity index (χ1v) is 7.78. The third-order valence-electron chi connectivity index (χ3n) is 5.04. The second kappa shape index (κ2) is 7.57. The molecule has 5 heteroatoms. The topological polar surface area (TPSA) is 83.5 Å². The highest BCUT2D eigenvalue weighted by molar-refractivity contribution is 5.75. The second-order valence-electron chi connectivity index (χ2n) is 6.48. The van der Waals surface area contributed by atoms with Gasteiger partial charge in [0.2, 0.25) is 5.91 Å². The number of amides is 1. The predicted molar refractivity (Wildman–Crippen MR) is 79.8 cm³/mol. The molecule has 1 rings (SSSR count). The van der Waals surface area contributed by atoms with E-state index in [1.54, 1.807) is 0 Å². The summed E-state index contributed by atoms with van der Waals surface area (Å²) in [6.45, 7) is 5.27. The first kappa shape index (κ1) is 17.7. The number of hydrogen-bond donors (Lipinski definition) is 2. The summed E-state index contributed by atoms with van der Waals surface area (Å²) < 4.78 is 0. The van der Waals surface area contributed by atoms with Crippen LogP contribution in [-0.4, -0.2) is 29.3 Å². The van der Waals surface area contributed by atoms with E-state index in [9.17, 15) is 19.5 Å². The zero-order valence-electron chi connectivity index (χ0n) is 13.2. The van der Waals surface area contributed by atoms with Crippen molar-refractivity contribution < 1.29 is 19.5 Å². The van der Waals surface area contributed by atoms with Gasteiger partial charge in [-0.2, -0.15) is 0 Å². The van der Waals surface area contributed by atoms with Crippen molar-refractivity contribution in [2.45, 2.75) is 65.3 Å². The molecule has 0 bridgehead atoms. The molecule has 3 unspecified atom stereocenters. The third kappa shape index (κ3) is 4.55.